The number of benzene rings is 2. The Balaban J connectivity index is 1.97. The largest absolute Gasteiger partial charge is 0.416 e. The lowest BCUT2D eigenvalue weighted by Crippen LogP contribution is -2.40. The fourth-order valence-corrected chi connectivity index (χ4v) is 2.46. The van der Waals surface area contributed by atoms with E-state index in [1.165, 1.54) is 5.56 Å². The molecule has 3 rings (SSSR count). The molecule has 0 aliphatic carbocycles. The Morgan fingerprint density at radius 1 is 0.900 bits per heavy atom. The first kappa shape index (κ1) is 13.2. The molecule has 0 bridgehead atoms. The normalized spacial score (nSPS) is 15.9. The van der Waals surface area contributed by atoms with Crippen LogP contribution in [-0.4, -0.2) is 13.1 Å². The van der Waals surface area contributed by atoms with Crippen molar-refractivity contribution in [2.24, 2.45) is 0 Å². The molecule has 1 aliphatic heterocycles. The predicted molar refractivity (Wildman–Crippen MR) is 72.5 cm³/mol. The number of nitrogens with one attached hydrogen (secondary N) is 1. The average Bonchev–Trinajstić information content (AvgIpc) is 2.37. The van der Waals surface area contributed by atoms with Crippen LogP contribution in [0.3, 0.4) is 0 Å². The van der Waals surface area contributed by atoms with Gasteiger partial charge in [-0.15, -0.1) is 0 Å². The van der Waals surface area contributed by atoms with Gasteiger partial charge in [0.2, 0.25) is 0 Å². The molecule has 2 aromatic rings. The molecule has 20 heavy (non-hydrogen) atoms. The smallest absolute Gasteiger partial charge is 0.315 e. The van der Waals surface area contributed by atoms with Crippen molar-refractivity contribution >= 4 is 0 Å². The van der Waals surface area contributed by atoms with E-state index < -0.39 is 11.7 Å². The standard InChI is InChI=1S/C16H14F3N/c17-16(18,19)13-7-5-11(6-8-13)14-3-1-2-4-15(14)12-9-20-10-12/h1-8,12,20H,9-10H2. The Kier molecular flexibility index (Phi) is 3.26. The molecule has 0 radical (unpaired) electrons. The SMILES string of the molecule is FC(F)(F)c1ccc(-c2ccccc2C2CNC2)cc1. The maximum atomic E-state index is 12.6. The molecule has 0 aromatic heterocycles. The van der Waals surface area contributed by atoms with Gasteiger partial charge in [-0.1, -0.05) is 36.4 Å². The number of hydrogen-bond donors (Lipinski definition) is 1. The highest BCUT2D eigenvalue weighted by Crippen LogP contribution is 2.34. The second kappa shape index (κ2) is 4.94. The quantitative estimate of drug-likeness (QED) is 0.873. The molecule has 1 nitrogen and oxygen atoms in total. The van der Waals surface area contributed by atoms with Crippen LogP contribution in [0.25, 0.3) is 11.1 Å². The van der Waals surface area contributed by atoms with E-state index in [1.807, 2.05) is 18.2 Å². The van der Waals surface area contributed by atoms with Gasteiger partial charge in [-0.3, -0.25) is 0 Å². The van der Waals surface area contributed by atoms with E-state index in [2.05, 4.69) is 11.4 Å². The molecular formula is C16H14F3N. The van der Waals surface area contributed by atoms with Crippen LogP contribution in [0.2, 0.25) is 0 Å². The van der Waals surface area contributed by atoms with Gasteiger partial charge >= 0.3 is 6.18 Å². The van der Waals surface area contributed by atoms with E-state index in [1.54, 1.807) is 12.1 Å². The number of halogens is 3. The first-order valence-corrected chi connectivity index (χ1v) is 6.53. The average molecular weight is 277 g/mol. The summed E-state index contributed by atoms with van der Waals surface area (Å²) in [7, 11) is 0. The van der Waals surface area contributed by atoms with E-state index in [0.717, 1.165) is 36.3 Å². The second-order valence-electron chi connectivity index (χ2n) is 5.02. The van der Waals surface area contributed by atoms with Crippen LogP contribution in [0.1, 0.15) is 17.0 Å². The third kappa shape index (κ3) is 2.43. The Bertz CT molecular complexity index is 598. The summed E-state index contributed by atoms with van der Waals surface area (Å²) in [4.78, 5) is 0. The summed E-state index contributed by atoms with van der Waals surface area (Å²) in [5, 5.41) is 3.22. The molecule has 0 saturated carbocycles. The van der Waals surface area contributed by atoms with Gasteiger partial charge in [0, 0.05) is 19.0 Å². The van der Waals surface area contributed by atoms with Crippen LogP contribution in [0.15, 0.2) is 48.5 Å². The summed E-state index contributed by atoms with van der Waals surface area (Å²) in [5.74, 6) is 0.452. The summed E-state index contributed by atoms with van der Waals surface area (Å²) in [6.07, 6.45) is -4.28. The second-order valence-corrected chi connectivity index (χ2v) is 5.02. The molecule has 1 N–H and O–H groups in total. The lowest BCUT2D eigenvalue weighted by molar-refractivity contribution is -0.137. The zero-order chi connectivity index (χ0) is 14.2. The van der Waals surface area contributed by atoms with Crippen LogP contribution in [0.4, 0.5) is 13.2 Å². The van der Waals surface area contributed by atoms with E-state index in [-0.39, 0.29) is 0 Å². The summed E-state index contributed by atoms with van der Waals surface area (Å²) in [6.45, 7) is 1.86. The Morgan fingerprint density at radius 3 is 2.10 bits per heavy atom. The summed E-state index contributed by atoms with van der Waals surface area (Å²) in [5.41, 5.74) is 2.45. The van der Waals surface area contributed by atoms with Crippen molar-refractivity contribution in [2.75, 3.05) is 13.1 Å². The van der Waals surface area contributed by atoms with Crippen molar-refractivity contribution in [3.8, 4) is 11.1 Å². The molecule has 0 atom stereocenters. The zero-order valence-electron chi connectivity index (χ0n) is 10.7. The minimum Gasteiger partial charge on any atom is -0.315 e. The van der Waals surface area contributed by atoms with Crippen LogP contribution >= 0.6 is 0 Å². The van der Waals surface area contributed by atoms with Crippen LogP contribution in [0.5, 0.6) is 0 Å². The molecule has 0 amide bonds. The van der Waals surface area contributed by atoms with Gasteiger partial charge in [0.1, 0.15) is 0 Å². The van der Waals surface area contributed by atoms with Crippen molar-refractivity contribution in [1.82, 2.24) is 5.32 Å². The van der Waals surface area contributed by atoms with Crippen molar-refractivity contribution in [1.29, 1.82) is 0 Å². The summed E-state index contributed by atoms with van der Waals surface area (Å²) >= 11 is 0. The highest BCUT2D eigenvalue weighted by Gasteiger charge is 2.30. The highest BCUT2D eigenvalue weighted by molar-refractivity contribution is 5.68. The summed E-state index contributed by atoms with van der Waals surface area (Å²) in [6, 6.07) is 13.3. The predicted octanol–water partition coefficient (Wildman–Crippen LogP) is 4.06. The van der Waals surface area contributed by atoms with Crippen molar-refractivity contribution in [3.63, 3.8) is 0 Å². The summed E-state index contributed by atoms with van der Waals surface area (Å²) < 4.78 is 37.8. The van der Waals surface area contributed by atoms with Gasteiger partial charge in [0.05, 0.1) is 5.56 Å². The Morgan fingerprint density at radius 2 is 1.55 bits per heavy atom. The van der Waals surface area contributed by atoms with Gasteiger partial charge in [-0.2, -0.15) is 13.2 Å². The van der Waals surface area contributed by atoms with Crippen molar-refractivity contribution in [2.45, 2.75) is 12.1 Å². The third-order valence-electron chi connectivity index (χ3n) is 3.71. The van der Waals surface area contributed by atoms with E-state index in [0.29, 0.717) is 5.92 Å². The van der Waals surface area contributed by atoms with Crippen LogP contribution in [0, 0.1) is 0 Å². The lowest BCUT2D eigenvalue weighted by Gasteiger charge is -2.29. The monoisotopic (exact) mass is 277 g/mol. The van der Waals surface area contributed by atoms with E-state index in [9.17, 15) is 13.2 Å². The van der Waals surface area contributed by atoms with Gasteiger partial charge in [-0.05, 0) is 28.8 Å². The number of rotatable bonds is 2. The first-order chi connectivity index (χ1) is 9.55. The molecule has 104 valence electrons. The third-order valence-corrected chi connectivity index (χ3v) is 3.71. The number of alkyl halides is 3. The maximum absolute atomic E-state index is 12.6. The number of hydrogen-bond acceptors (Lipinski definition) is 1. The first-order valence-electron chi connectivity index (χ1n) is 6.53. The van der Waals surface area contributed by atoms with E-state index in [4.69, 9.17) is 0 Å². The topological polar surface area (TPSA) is 12.0 Å². The highest BCUT2D eigenvalue weighted by atomic mass is 19.4. The van der Waals surface area contributed by atoms with Gasteiger partial charge < -0.3 is 5.32 Å². The van der Waals surface area contributed by atoms with E-state index >= 15 is 0 Å². The molecular weight excluding hydrogens is 263 g/mol. The van der Waals surface area contributed by atoms with Gasteiger partial charge in [0.25, 0.3) is 0 Å². The van der Waals surface area contributed by atoms with Gasteiger partial charge in [-0.25, -0.2) is 0 Å². The van der Waals surface area contributed by atoms with Gasteiger partial charge in [0.15, 0.2) is 0 Å². The molecule has 1 fully saturated rings. The fourth-order valence-electron chi connectivity index (χ4n) is 2.46. The fraction of sp³-hybridized carbons (Fsp3) is 0.250. The van der Waals surface area contributed by atoms with Crippen LogP contribution in [-0.2, 0) is 6.18 Å². The lowest BCUT2D eigenvalue weighted by atomic mass is 9.87. The molecule has 1 saturated heterocycles. The molecule has 2 aromatic carbocycles. The molecule has 4 heteroatoms. The van der Waals surface area contributed by atoms with Crippen molar-refractivity contribution < 1.29 is 13.2 Å². The minimum atomic E-state index is -4.28. The molecule has 1 heterocycles. The Labute approximate surface area is 115 Å². The van der Waals surface area contributed by atoms with Crippen LogP contribution < -0.4 is 5.32 Å². The molecule has 0 unspecified atom stereocenters. The zero-order valence-corrected chi connectivity index (χ0v) is 10.7. The van der Waals surface area contributed by atoms with Crippen molar-refractivity contribution in [3.05, 3.63) is 59.7 Å². The maximum Gasteiger partial charge on any atom is 0.416 e. The molecule has 0 spiro atoms. The molecule has 1 aliphatic rings. The minimum absolute atomic E-state index is 0.452. The Hall–Kier alpha value is -1.81.